The van der Waals surface area contributed by atoms with E-state index in [9.17, 15) is 9.18 Å². The first-order chi connectivity index (χ1) is 15.4. The molecular weight excluding hydrogens is 451 g/mol. The zero-order valence-electron chi connectivity index (χ0n) is 18.1. The van der Waals surface area contributed by atoms with Gasteiger partial charge in [-0.05, 0) is 51.5 Å². The minimum atomic E-state index is -0.360. The quantitative estimate of drug-likeness (QED) is 0.258. The molecule has 0 N–H and O–H groups in total. The number of aromatic nitrogens is 4. The normalized spacial score (nSPS) is 11.8. The molecule has 0 aliphatic heterocycles. The molecule has 0 bridgehead atoms. The van der Waals surface area contributed by atoms with Gasteiger partial charge >= 0.3 is 0 Å². The summed E-state index contributed by atoms with van der Waals surface area (Å²) in [4.78, 5) is 13.3. The summed E-state index contributed by atoms with van der Waals surface area (Å²) in [7, 11) is 0. The van der Waals surface area contributed by atoms with Gasteiger partial charge < -0.3 is 4.74 Å². The number of hydrogen-bond donors (Lipinski definition) is 0. The van der Waals surface area contributed by atoms with Crippen molar-refractivity contribution in [2.24, 2.45) is 0 Å². The Morgan fingerprint density at radius 2 is 2.03 bits per heavy atom. The first-order valence-corrected chi connectivity index (χ1v) is 11.8. The van der Waals surface area contributed by atoms with Crippen molar-refractivity contribution in [3.8, 4) is 0 Å². The van der Waals surface area contributed by atoms with Crippen LogP contribution in [0.4, 0.5) is 4.39 Å². The summed E-state index contributed by atoms with van der Waals surface area (Å²) in [5.74, 6) is 0.389. The SMILES string of the molecule is Cc1ccc2c(c1)c(=O)n(CCCOC(C)C)c1nnc(SCc3c(F)cccc3Cl)n21. The molecule has 4 rings (SSSR count). The molecule has 0 radical (unpaired) electrons. The molecule has 0 saturated heterocycles. The summed E-state index contributed by atoms with van der Waals surface area (Å²) in [6, 6.07) is 10.4. The molecule has 9 heteroatoms. The minimum Gasteiger partial charge on any atom is -0.379 e. The van der Waals surface area contributed by atoms with Crippen LogP contribution >= 0.6 is 23.4 Å². The van der Waals surface area contributed by atoms with E-state index in [0.717, 1.165) is 11.1 Å². The maximum atomic E-state index is 14.2. The van der Waals surface area contributed by atoms with E-state index in [0.29, 0.717) is 52.2 Å². The highest BCUT2D eigenvalue weighted by Gasteiger charge is 2.18. The second-order valence-corrected chi connectivity index (χ2v) is 9.21. The number of ether oxygens (including phenoxy) is 1. The zero-order chi connectivity index (χ0) is 22.8. The van der Waals surface area contributed by atoms with Gasteiger partial charge in [0, 0.05) is 29.5 Å². The highest BCUT2D eigenvalue weighted by Crippen LogP contribution is 2.29. The van der Waals surface area contributed by atoms with Crippen LogP contribution in [0.1, 0.15) is 31.4 Å². The van der Waals surface area contributed by atoms with Gasteiger partial charge in [0.2, 0.25) is 5.78 Å². The molecule has 2 aromatic heterocycles. The topological polar surface area (TPSA) is 61.4 Å². The Kier molecular flexibility index (Phi) is 6.83. The van der Waals surface area contributed by atoms with Crippen molar-refractivity contribution in [3.05, 3.63) is 68.7 Å². The van der Waals surface area contributed by atoms with E-state index in [-0.39, 0.29) is 17.5 Å². The van der Waals surface area contributed by atoms with E-state index >= 15 is 0 Å². The third kappa shape index (κ3) is 4.53. The standard InChI is InChI=1S/C23H24ClFN4O2S/c1-14(2)31-11-5-10-28-21(30)16-12-15(3)8-9-20(16)29-22(28)26-27-23(29)32-13-17-18(24)6-4-7-19(17)25/h4,6-9,12,14H,5,10-11,13H2,1-3H3. The van der Waals surface area contributed by atoms with E-state index in [4.69, 9.17) is 16.3 Å². The van der Waals surface area contributed by atoms with Crippen molar-refractivity contribution in [3.63, 3.8) is 0 Å². The molecule has 0 spiro atoms. The summed E-state index contributed by atoms with van der Waals surface area (Å²) < 4.78 is 23.4. The third-order valence-electron chi connectivity index (χ3n) is 5.11. The Labute approximate surface area is 194 Å². The van der Waals surface area contributed by atoms with Gasteiger partial charge in [-0.3, -0.25) is 13.8 Å². The largest absolute Gasteiger partial charge is 0.379 e. The van der Waals surface area contributed by atoms with Gasteiger partial charge in [0.25, 0.3) is 5.56 Å². The Balaban J connectivity index is 1.77. The number of aryl methyl sites for hydroxylation is 2. The molecule has 0 aliphatic carbocycles. The van der Waals surface area contributed by atoms with Crippen LogP contribution in [0, 0.1) is 12.7 Å². The van der Waals surface area contributed by atoms with Crippen LogP contribution < -0.4 is 5.56 Å². The van der Waals surface area contributed by atoms with Crippen LogP contribution in [0.2, 0.25) is 5.02 Å². The van der Waals surface area contributed by atoms with Crippen molar-refractivity contribution in [1.29, 1.82) is 0 Å². The summed E-state index contributed by atoms with van der Waals surface area (Å²) in [6.45, 7) is 6.91. The van der Waals surface area contributed by atoms with E-state index in [1.165, 1.54) is 17.8 Å². The maximum absolute atomic E-state index is 14.2. The molecule has 0 fully saturated rings. The Morgan fingerprint density at radius 1 is 1.22 bits per heavy atom. The lowest BCUT2D eigenvalue weighted by molar-refractivity contribution is 0.0748. The smallest absolute Gasteiger partial charge is 0.262 e. The number of rotatable bonds is 8. The fourth-order valence-corrected chi connectivity index (χ4v) is 4.83. The van der Waals surface area contributed by atoms with Crippen molar-refractivity contribution in [2.75, 3.05) is 6.61 Å². The predicted molar refractivity (Wildman–Crippen MR) is 126 cm³/mol. The van der Waals surface area contributed by atoms with Gasteiger partial charge in [-0.1, -0.05) is 41.1 Å². The average Bonchev–Trinajstić information content (AvgIpc) is 3.16. The second kappa shape index (κ2) is 9.60. The summed E-state index contributed by atoms with van der Waals surface area (Å²) in [5.41, 5.74) is 2.01. The number of thioether (sulfide) groups is 1. The second-order valence-electron chi connectivity index (χ2n) is 7.86. The molecule has 0 aliphatic rings. The molecule has 0 atom stereocenters. The van der Waals surface area contributed by atoms with Crippen LogP contribution in [-0.4, -0.2) is 31.9 Å². The highest BCUT2D eigenvalue weighted by atomic mass is 35.5. The summed E-state index contributed by atoms with van der Waals surface area (Å²) in [5, 5.41) is 10.2. The average molecular weight is 475 g/mol. The van der Waals surface area contributed by atoms with E-state index in [1.807, 2.05) is 43.4 Å². The van der Waals surface area contributed by atoms with Crippen LogP contribution in [0.3, 0.4) is 0 Å². The van der Waals surface area contributed by atoms with Crippen LogP contribution in [0.25, 0.3) is 16.7 Å². The fraction of sp³-hybridized carbons (Fsp3) is 0.348. The molecule has 0 amide bonds. The molecule has 2 heterocycles. The lowest BCUT2D eigenvalue weighted by atomic mass is 10.1. The number of fused-ring (bicyclic) bond motifs is 3. The molecule has 6 nitrogen and oxygen atoms in total. The van der Waals surface area contributed by atoms with Gasteiger partial charge in [0.15, 0.2) is 5.16 Å². The number of halogens is 2. The van der Waals surface area contributed by atoms with Crippen LogP contribution in [0.5, 0.6) is 0 Å². The maximum Gasteiger partial charge on any atom is 0.262 e. The Bertz CT molecular complexity index is 1320. The molecule has 168 valence electrons. The molecule has 2 aromatic carbocycles. The van der Waals surface area contributed by atoms with Gasteiger partial charge in [-0.2, -0.15) is 0 Å². The van der Waals surface area contributed by atoms with Crippen molar-refractivity contribution in [1.82, 2.24) is 19.2 Å². The summed E-state index contributed by atoms with van der Waals surface area (Å²) >= 11 is 7.51. The van der Waals surface area contributed by atoms with E-state index < -0.39 is 0 Å². The van der Waals surface area contributed by atoms with Crippen molar-refractivity contribution in [2.45, 2.75) is 50.8 Å². The van der Waals surface area contributed by atoms with Gasteiger partial charge in [-0.25, -0.2) is 4.39 Å². The Morgan fingerprint density at radius 3 is 2.78 bits per heavy atom. The molecule has 32 heavy (non-hydrogen) atoms. The van der Waals surface area contributed by atoms with Crippen LogP contribution in [-0.2, 0) is 17.0 Å². The van der Waals surface area contributed by atoms with Gasteiger partial charge in [0.1, 0.15) is 5.82 Å². The lowest BCUT2D eigenvalue weighted by Crippen LogP contribution is -2.24. The van der Waals surface area contributed by atoms with Gasteiger partial charge in [0.05, 0.1) is 17.0 Å². The molecule has 0 unspecified atom stereocenters. The number of nitrogens with zero attached hydrogens (tertiary/aromatic N) is 4. The first-order valence-electron chi connectivity index (χ1n) is 10.4. The van der Waals surface area contributed by atoms with E-state index in [2.05, 4.69) is 10.2 Å². The number of hydrogen-bond acceptors (Lipinski definition) is 5. The van der Waals surface area contributed by atoms with E-state index in [1.54, 1.807) is 16.7 Å². The molecule has 0 saturated carbocycles. The van der Waals surface area contributed by atoms with Crippen molar-refractivity contribution < 1.29 is 9.13 Å². The van der Waals surface area contributed by atoms with Crippen LogP contribution in [0.15, 0.2) is 46.3 Å². The monoisotopic (exact) mass is 474 g/mol. The summed E-state index contributed by atoms with van der Waals surface area (Å²) in [6.07, 6.45) is 0.804. The minimum absolute atomic E-state index is 0.109. The zero-order valence-corrected chi connectivity index (χ0v) is 19.7. The third-order valence-corrected chi connectivity index (χ3v) is 6.42. The van der Waals surface area contributed by atoms with Crippen molar-refractivity contribution >= 4 is 40.0 Å². The molecule has 4 aromatic rings. The Hall–Kier alpha value is -2.42. The number of benzene rings is 2. The molecular formula is C23H24ClFN4O2S. The highest BCUT2D eigenvalue weighted by molar-refractivity contribution is 7.98. The first kappa shape index (κ1) is 22.8. The predicted octanol–water partition coefficient (Wildman–Crippen LogP) is 5.25. The van der Waals surface area contributed by atoms with Gasteiger partial charge in [-0.15, -0.1) is 10.2 Å². The fourth-order valence-electron chi connectivity index (χ4n) is 3.54. The lowest BCUT2D eigenvalue weighted by Gasteiger charge is -2.13.